The van der Waals surface area contributed by atoms with Crippen molar-refractivity contribution >= 4 is 85.7 Å². The van der Waals surface area contributed by atoms with Crippen LogP contribution in [0.15, 0.2) is 97.2 Å². The molecule has 3 aromatic heterocycles. The predicted octanol–water partition coefficient (Wildman–Crippen LogP) is 8.11. The average Bonchev–Trinajstić information content (AvgIpc) is 0.775. The molecule has 4 aliphatic carbocycles. The molecule has 6 aliphatic rings. The number of carboxylic acids is 1. The standard InChI is InChI=1S/C72H87N11O15S/c1-48-54(52-15-16-58(78-64(52)66(90)91)81-25-20-50-10-8-12-53(55(50)39-81)65(89)79-67-77-56-13-5-6-14-57(56)99-67)38-75-83(48)47-71-42-69(2)41-70(3,43-71)45-72(44-69,46-71)98-30-27-80(4)68(92)97-40-49-9-7-11-51(37-49)76-61(86)19-23-73-60(85)22-28-93-31-33-95-35-36-96-34-32-94-29-24-74-59(84)21-26-82-62(87)17-18-63(82)88/h5-18,37-38H,19-36,39-47H2,1-4H3,(H,73,85)(H,74,84)(H,76,86)(H,90,91)(H,77,79,89). The Balaban J connectivity index is 0.569. The lowest BCUT2D eigenvalue weighted by Crippen LogP contribution is -2.64. The quantitative estimate of drug-likeness (QED) is 0.0185. The normalized spacial score (nSPS) is 20.5. The van der Waals surface area contributed by atoms with Crippen LogP contribution in [0, 0.1) is 23.2 Å². The number of rotatable bonds is 35. The minimum absolute atomic E-state index is 0.0159. The van der Waals surface area contributed by atoms with E-state index in [1.54, 1.807) is 37.5 Å². The van der Waals surface area contributed by atoms with E-state index >= 15 is 0 Å². The molecular formula is C72H87N11O15S. The second kappa shape index (κ2) is 31.9. The molecule has 26 nitrogen and oxygen atoms in total. The van der Waals surface area contributed by atoms with Crippen LogP contribution in [0.4, 0.5) is 21.4 Å². The number of carbonyl (C=O) groups excluding carboxylic acids is 7. The molecule has 2 atom stereocenters. The van der Waals surface area contributed by atoms with Crippen molar-refractivity contribution in [2.45, 2.75) is 110 Å². The molecule has 2 unspecified atom stereocenters. The number of amides is 7. The van der Waals surface area contributed by atoms with Gasteiger partial charge >= 0.3 is 12.1 Å². The maximum Gasteiger partial charge on any atom is 0.409 e. The number of nitrogens with zero attached hydrogens (tertiary/aromatic N) is 7. The van der Waals surface area contributed by atoms with Crippen LogP contribution in [-0.2, 0) is 78.5 Å². The summed E-state index contributed by atoms with van der Waals surface area (Å²) in [7, 11) is 1.69. The fourth-order valence-electron chi connectivity index (χ4n) is 15.7. The highest BCUT2D eigenvalue weighted by Gasteiger charge is 2.66. The zero-order valence-corrected chi connectivity index (χ0v) is 57.3. The van der Waals surface area contributed by atoms with Crippen LogP contribution in [0.1, 0.15) is 115 Å². The molecule has 5 N–H and O–H groups in total. The zero-order chi connectivity index (χ0) is 69.7. The number of fused-ring (bicyclic) bond motifs is 2. The van der Waals surface area contributed by atoms with E-state index in [2.05, 4.69) is 40.1 Å². The number of hydrogen-bond acceptors (Lipinski definition) is 19. The molecule has 0 spiro atoms. The van der Waals surface area contributed by atoms with Gasteiger partial charge in [-0.2, -0.15) is 5.10 Å². The predicted molar refractivity (Wildman–Crippen MR) is 368 cm³/mol. The number of pyridine rings is 1. The number of ether oxygens (including phenoxy) is 6. The van der Waals surface area contributed by atoms with Crippen molar-refractivity contribution in [3.05, 3.63) is 131 Å². The van der Waals surface area contributed by atoms with Gasteiger partial charge in [-0.15, -0.1) is 0 Å². The van der Waals surface area contributed by atoms with Crippen LogP contribution in [0.25, 0.3) is 21.3 Å². The molecule has 4 saturated carbocycles. The van der Waals surface area contributed by atoms with E-state index in [0.717, 1.165) is 70.5 Å². The first kappa shape index (κ1) is 71.3. The third kappa shape index (κ3) is 18.3. The number of anilines is 3. The molecule has 2 aliphatic heterocycles. The maximum atomic E-state index is 13.8. The van der Waals surface area contributed by atoms with Gasteiger partial charge in [-0.1, -0.05) is 61.6 Å². The van der Waals surface area contributed by atoms with Gasteiger partial charge in [0.25, 0.3) is 17.7 Å². The molecule has 0 saturated heterocycles. The number of hydrogen-bond donors (Lipinski definition) is 5. The van der Waals surface area contributed by atoms with Crippen LogP contribution in [0.3, 0.4) is 0 Å². The topological polar surface area (TPSA) is 314 Å². The fourth-order valence-corrected chi connectivity index (χ4v) is 16.5. The van der Waals surface area contributed by atoms with Crippen molar-refractivity contribution in [2.24, 2.45) is 16.2 Å². The Bertz CT molecular complexity index is 3930. The molecule has 4 fully saturated rings. The van der Waals surface area contributed by atoms with E-state index < -0.39 is 29.5 Å². The first-order valence-electron chi connectivity index (χ1n) is 33.7. The van der Waals surface area contributed by atoms with Gasteiger partial charge in [0, 0.05) is 112 Å². The van der Waals surface area contributed by atoms with Gasteiger partial charge in [0.2, 0.25) is 17.7 Å². The highest BCUT2D eigenvalue weighted by atomic mass is 32.1. The highest BCUT2D eigenvalue weighted by molar-refractivity contribution is 7.22. The van der Waals surface area contributed by atoms with Gasteiger partial charge in [-0.25, -0.2) is 19.6 Å². The highest BCUT2D eigenvalue weighted by Crippen LogP contribution is 2.72. The third-order valence-corrected chi connectivity index (χ3v) is 19.9. The first-order valence-corrected chi connectivity index (χ1v) is 34.6. The number of thiazole rings is 1. The van der Waals surface area contributed by atoms with Crippen molar-refractivity contribution in [3.8, 4) is 11.1 Å². The Hall–Kier alpha value is -8.99. The van der Waals surface area contributed by atoms with Crippen molar-refractivity contribution in [3.63, 3.8) is 0 Å². The number of aromatic nitrogens is 4. The van der Waals surface area contributed by atoms with E-state index in [1.165, 1.54) is 28.4 Å². The fraction of sp³-hybridized carbons (Fsp3) is 0.486. The average molecular weight is 1380 g/mol. The summed E-state index contributed by atoms with van der Waals surface area (Å²) in [6.45, 7) is 11.8. The molecular weight excluding hydrogens is 1290 g/mol. The summed E-state index contributed by atoms with van der Waals surface area (Å²) in [6, 6.07) is 24.2. The third-order valence-electron chi connectivity index (χ3n) is 19.0. The number of para-hydroxylation sites is 1. The number of imide groups is 1. The van der Waals surface area contributed by atoms with E-state index in [-0.39, 0.29) is 111 Å². The van der Waals surface area contributed by atoms with Crippen LogP contribution in [0.5, 0.6) is 0 Å². The number of nitrogens with one attached hydrogen (secondary N) is 4. The summed E-state index contributed by atoms with van der Waals surface area (Å²) in [5, 5.41) is 27.4. The molecule has 7 amide bonds. The minimum atomic E-state index is -1.15. The Morgan fingerprint density at radius 1 is 0.697 bits per heavy atom. The Labute approximate surface area is 578 Å². The second-order valence-electron chi connectivity index (χ2n) is 27.2. The van der Waals surface area contributed by atoms with E-state index in [1.807, 2.05) is 71.1 Å². The Kier molecular flexibility index (Phi) is 23.0. The second-order valence-corrected chi connectivity index (χ2v) is 28.3. The van der Waals surface area contributed by atoms with Gasteiger partial charge in [-0.3, -0.25) is 43.7 Å². The summed E-state index contributed by atoms with van der Waals surface area (Å²) >= 11 is 1.42. The van der Waals surface area contributed by atoms with E-state index in [9.17, 15) is 43.5 Å². The summed E-state index contributed by atoms with van der Waals surface area (Å²) in [4.78, 5) is 114. The van der Waals surface area contributed by atoms with Crippen LogP contribution < -0.4 is 26.2 Å². The van der Waals surface area contributed by atoms with Crippen molar-refractivity contribution in [1.29, 1.82) is 0 Å². The van der Waals surface area contributed by atoms with Crippen molar-refractivity contribution in [1.82, 2.24) is 40.2 Å². The van der Waals surface area contributed by atoms with Crippen LogP contribution >= 0.6 is 11.3 Å². The zero-order valence-electron chi connectivity index (χ0n) is 56.5. The summed E-state index contributed by atoms with van der Waals surface area (Å²) < 4.78 is 37.6. The summed E-state index contributed by atoms with van der Waals surface area (Å²) in [5.41, 5.74) is 5.97. The summed E-state index contributed by atoms with van der Waals surface area (Å²) in [6.07, 6.45) is 10.2. The molecule has 4 bridgehead atoms. The molecule has 3 aromatic carbocycles. The molecule has 12 rings (SSSR count). The van der Waals surface area contributed by atoms with Crippen molar-refractivity contribution < 1.29 is 71.9 Å². The van der Waals surface area contributed by atoms with Crippen LogP contribution in [0.2, 0.25) is 0 Å². The SMILES string of the molecule is Cc1c(-c2ccc(N3CCc4cccc(C(=O)Nc5nc6ccccc6s5)c4C3)nc2C(=O)O)cnn1CC12CC3(C)CC(C)(C1)CC(OCCN(C)C(=O)OCc1cccc(NC(=O)CCNC(=O)CCOCCOCCOCCOCCNC(=O)CCN4C(=O)C=CC4=O)c1)(C3)C2. The van der Waals surface area contributed by atoms with Gasteiger partial charge in [0.05, 0.1) is 81.5 Å². The molecule has 99 heavy (non-hydrogen) atoms. The molecule has 27 heteroatoms. The molecule has 526 valence electrons. The Morgan fingerprint density at radius 3 is 2.13 bits per heavy atom. The lowest BCUT2D eigenvalue weighted by molar-refractivity contribution is -0.248. The number of carbonyl (C=O) groups is 8. The number of benzene rings is 3. The molecule has 5 heterocycles. The minimum Gasteiger partial charge on any atom is -0.476 e. The molecule has 6 aromatic rings. The maximum absolute atomic E-state index is 13.8. The monoisotopic (exact) mass is 1380 g/mol. The van der Waals surface area contributed by atoms with Gasteiger partial charge < -0.3 is 59.3 Å². The number of carboxylic acid groups (broad SMARTS) is 1. The lowest BCUT2D eigenvalue weighted by Gasteiger charge is -2.69. The van der Waals surface area contributed by atoms with Gasteiger partial charge in [0.15, 0.2) is 10.8 Å². The Morgan fingerprint density at radius 2 is 1.39 bits per heavy atom. The van der Waals surface area contributed by atoms with Gasteiger partial charge in [-0.05, 0) is 127 Å². The lowest BCUT2D eigenvalue weighted by atomic mass is 9.39. The van der Waals surface area contributed by atoms with Crippen molar-refractivity contribution in [2.75, 3.05) is 115 Å². The largest absolute Gasteiger partial charge is 0.476 e. The van der Waals surface area contributed by atoms with Crippen LogP contribution in [-0.4, -0.2) is 187 Å². The van der Waals surface area contributed by atoms with E-state index in [4.69, 9.17) is 38.5 Å². The number of likely N-dealkylation sites (N-methyl/N-ethyl adjacent to an activating group) is 1. The van der Waals surface area contributed by atoms with Gasteiger partial charge in [0.1, 0.15) is 12.4 Å². The van der Waals surface area contributed by atoms with E-state index in [0.29, 0.717) is 111 Å². The smallest absolute Gasteiger partial charge is 0.409 e. The first-order chi connectivity index (χ1) is 47.6. The summed E-state index contributed by atoms with van der Waals surface area (Å²) in [5.74, 6) is -2.57. The molecule has 0 radical (unpaired) electrons. The number of aromatic carboxylic acids is 1.